The van der Waals surface area contributed by atoms with E-state index in [2.05, 4.69) is 25.8 Å². The number of nitrogens with zero attached hydrogens (tertiary/aromatic N) is 4. The molecule has 8 N–H and O–H groups in total. The number of azo groups is 2. The van der Waals surface area contributed by atoms with Gasteiger partial charge >= 0.3 is 6.03 Å². The van der Waals surface area contributed by atoms with Crippen molar-refractivity contribution >= 4 is 54.7 Å². The lowest BCUT2D eigenvalue weighted by Gasteiger charge is -2.07. The number of nitrogens with two attached hydrogens (primary N) is 1. The summed E-state index contributed by atoms with van der Waals surface area (Å²) in [4.78, 5) is 9.85. The van der Waals surface area contributed by atoms with Gasteiger partial charge in [-0.15, -0.1) is 10.2 Å². The van der Waals surface area contributed by atoms with Gasteiger partial charge < -0.3 is 17.2 Å². The molecule has 14 nitrogen and oxygen atoms in total. The molecule has 0 fully saturated rings. The summed E-state index contributed by atoms with van der Waals surface area (Å²) in [7, 11) is -9.42. The van der Waals surface area contributed by atoms with E-state index in [-0.39, 0.29) is 6.15 Å². The Hall–Kier alpha value is -4.09. The van der Waals surface area contributed by atoms with Crippen LogP contribution in [0.5, 0.6) is 0 Å². The van der Waals surface area contributed by atoms with E-state index in [1.54, 1.807) is 50.2 Å². The second-order valence-electron chi connectivity index (χ2n) is 7.41. The summed E-state index contributed by atoms with van der Waals surface area (Å²) in [5.74, 6) is 0. The minimum absolute atomic E-state index is 0. The lowest BCUT2D eigenvalue weighted by Crippen LogP contribution is -2.19. The predicted molar refractivity (Wildman–Crippen MR) is 135 cm³/mol. The Kier molecular flexibility index (Phi) is 8.91. The quantitative estimate of drug-likeness (QED) is 0.191. The first kappa shape index (κ1) is 29.1. The number of aryl methyl sites for hydroxylation is 2. The van der Waals surface area contributed by atoms with Crippen molar-refractivity contribution in [3.8, 4) is 0 Å². The number of benzene rings is 3. The fraction of sp³-hybridized carbons (Fsp3) is 0.0952. The first-order valence-electron chi connectivity index (χ1n) is 9.95. The van der Waals surface area contributed by atoms with E-state index in [9.17, 15) is 30.7 Å². The SMILES string of the molecule is Cc1cc(N=Nc2cc(S(=O)(=O)O)ccc2S(=O)(=O)O)c(C)cc1N=Nc1ccccc1NC(N)=O.N. The van der Waals surface area contributed by atoms with E-state index in [0.717, 1.165) is 18.2 Å². The van der Waals surface area contributed by atoms with Crippen LogP contribution in [0, 0.1) is 13.8 Å². The normalized spacial score (nSPS) is 12.0. The lowest BCUT2D eigenvalue weighted by molar-refractivity contribution is 0.259. The molecule has 3 aromatic carbocycles. The molecule has 0 atom stereocenters. The van der Waals surface area contributed by atoms with Crippen LogP contribution in [-0.4, -0.2) is 32.0 Å². The molecule has 37 heavy (non-hydrogen) atoms. The molecular formula is C21H23N7O7S2. The fourth-order valence-electron chi connectivity index (χ4n) is 2.97. The van der Waals surface area contributed by atoms with Crippen LogP contribution in [0.25, 0.3) is 0 Å². The van der Waals surface area contributed by atoms with Crippen molar-refractivity contribution in [1.82, 2.24) is 6.15 Å². The number of urea groups is 1. The lowest BCUT2D eigenvalue weighted by atomic mass is 10.1. The van der Waals surface area contributed by atoms with E-state index < -0.39 is 41.7 Å². The van der Waals surface area contributed by atoms with E-state index in [1.165, 1.54) is 0 Å². The van der Waals surface area contributed by atoms with Crippen LogP contribution >= 0.6 is 0 Å². The van der Waals surface area contributed by atoms with Crippen LogP contribution in [-0.2, 0) is 20.2 Å². The van der Waals surface area contributed by atoms with Gasteiger partial charge in [-0.2, -0.15) is 27.1 Å². The number of para-hydroxylation sites is 1. The summed E-state index contributed by atoms with van der Waals surface area (Å²) < 4.78 is 64.8. The van der Waals surface area contributed by atoms with Gasteiger partial charge in [0.1, 0.15) is 16.3 Å². The molecule has 0 spiro atoms. The zero-order valence-electron chi connectivity index (χ0n) is 19.5. The Bertz CT molecular complexity index is 1620. The Balaban J connectivity index is 0.00000481. The third-order valence-electron chi connectivity index (χ3n) is 4.71. The zero-order chi connectivity index (χ0) is 26.7. The molecule has 0 saturated heterocycles. The highest BCUT2D eigenvalue weighted by molar-refractivity contribution is 7.86. The third kappa shape index (κ3) is 7.45. The smallest absolute Gasteiger partial charge is 0.316 e. The van der Waals surface area contributed by atoms with Gasteiger partial charge in [0.15, 0.2) is 0 Å². The van der Waals surface area contributed by atoms with Crippen LogP contribution in [0.4, 0.5) is 33.2 Å². The first-order chi connectivity index (χ1) is 16.8. The van der Waals surface area contributed by atoms with Gasteiger partial charge in [-0.05, 0) is 67.4 Å². The minimum Gasteiger partial charge on any atom is -0.351 e. The molecule has 0 aliphatic rings. The zero-order valence-corrected chi connectivity index (χ0v) is 21.2. The highest BCUT2D eigenvalue weighted by Crippen LogP contribution is 2.34. The Morgan fingerprint density at radius 1 is 0.757 bits per heavy atom. The van der Waals surface area contributed by atoms with E-state index >= 15 is 0 Å². The molecule has 16 heteroatoms. The topological polar surface area (TPSA) is 248 Å². The molecule has 0 aliphatic carbocycles. The number of hydrogen-bond donors (Lipinski definition) is 5. The molecule has 0 heterocycles. The highest BCUT2D eigenvalue weighted by atomic mass is 32.2. The molecule has 0 bridgehead atoms. The Morgan fingerprint density at radius 3 is 1.78 bits per heavy atom. The largest absolute Gasteiger partial charge is 0.351 e. The molecule has 0 unspecified atom stereocenters. The summed E-state index contributed by atoms with van der Waals surface area (Å²) in [6.45, 7) is 3.39. The number of hydrogen-bond acceptors (Lipinski definition) is 10. The van der Waals surface area contributed by atoms with Crippen LogP contribution in [0.2, 0.25) is 0 Å². The number of nitrogens with one attached hydrogen (secondary N) is 1. The third-order valence-corrected chi connectivity index (χ3v) is 6.46. The second kappa shape index (κ2) is 11.3. The average Bonchev–Trinajstić information content (AvgIpc) is 2.77. The predicted octanol–water partition coefficient (Wildman–Crippen LogP) is 5.28. The molecular weight excluding hydrogens is 526 g/mol. The summed E-state index contributed by atoms with van der Waals surface area (Å²) in [6.07, 6.45) is 0. The summed E-state index contributed by atoms with van der Waals surface area (Å²) in [5, 5.41) is 18.6. The van der Waals surface area contributed by atoms with Crippen molar-refractivity contribution in [2.75, 3.05) is 5.32 Å². The Labute approximate surface area is 212 Å². The van der Waals surface area contributed by atoms with Crippen molar-refractivity contribution < 1.29 is 30.7 Å². The van der Waals surface area contributed by atoms with Crippen molar-refractivity contribution in [2.24, 2.45) is 26.2 Å². The maximum Gasteiger partial charge on any atom is 0.316 e. The van der Waals surface area contributed by atoms with Gasteiger partial charge in [0, 0.05) is 0 Å². The monoisotopic (exact) mass is 549 g/mol. The van der Waals surface area contributed by atoms with E-state index in [1.807, 2.05) is 0 Å². The van der Waals surface area contributed by atoms with Crippen LogP contribution < -0.4 is 17.2 Å². The molecule has 3 rings (SSSR count). The minimum atomic E-state index is -4.76. The van der Waals surface area contributed by atoms with Crippen LogP contribution in [0.15, 0.2) is 84.8 Å². The van der Waals surface area contributed by atoms with Crippen molar-refractivity contribution in [1.29, 1.82) is 0 Å². The number of amides is 2. The molecule has 0 aromatic heterocycles. The molecule has 196 valence electrons. The molecule has 0 radical (unpaired) electrons. The number of primary amides is 1. The molecule has 0 saturated carbocycles. The Morgan fingerprint density at radius 2 is 1.27 bits per heavy atom. The summed E-state index contributed by atoms with van der Waals surface area (Å²) in [6, 6.07) is 11.5. The van der Waals surface area contributed by atoms with Crippen LogP contribution in [0.3, 0.4) is 0 Å². The number of rotatable bonds is 7. The maximum atomic E-state index is 11.7. The van der Waals surface area contributed by atoms with E-state index in [4.69, 9.17) is 5.73 Å². The molecule has 3 aromatic rings. The molecule has 2 amide bonds. The van der Waals surface area contributed by atoms with Crippen molar-refractivity contribution in [3.05, 3.63) is 65.7 Å². The van der Waals surface area contributed by atoms with Gasteiger partial charge in [-0.3, -0.25) is 9.11 Å². The van der Waals surface area contributed by atoms with Crippen molar-refractivity contribution in [2.45, 2.75) is 23.6 Å². The molecule has 0 aliphatic heterocycles. The van der Waals surface area contributed by atoms with E-state index in [0.29, 0.717) is 33.9 Å². The number of carbonyl (C=O) groups is 1. The van der Waals surface area contributed by atoms with Gasteiger partial charge in [0.25, 0.3) is 20.2 Å². The first-order valence-corrected chi connectivity index (χ1v) is 12.8. The van der Waals surface area contributed by atoms with Crippen LogP contribution in [0.1, 0.15) is 11.1 Å². The highest BCUT2D eigenvalue weighted by Gasteiger charge is 2.20. The van der Waals surface area contributed by atoms with Crippen molar-refractivity contribution in [3.63, 3.8) is 0 Å². The van der Waals surface area contributed by atoms with Gasteiger partial charge in [0.05, 0.1) is 22.0 Å². The summed E-state index contributed by atoms with van der Waals surface area (Å²) in [5.41, 5.74) is 7.34. The number of carbonyl (C=O) groups excluding carboxylic acids is 1. The van der Waals surface area contributed by atoms with Gasteiger partial charge in [-0.25, -0.2) is 4.79 Å². The second-order valence-corrected chi connectivity index (χ2v) is 10.2. The summed E-state index contributed by atoms with van der Waals surface area (Å²) >= 11 is 0. The fourth-order valence-corrected chi connectivity index (χ4v) is 4.07. The number of anilines is 1. The van der Waals surface area contributed by atoms with Gasteiger partial charge in [-0.1, -0.05) is 12.1 Å². The average molecular weight is 550 g/mol. The maximum absolute atomic E-state index is 11.7. The van der Waals surface area contributed by atoms with Gasteiger partial charge in [0.2, 0.25) is 0 Å². The standard InChI is InChI=1S/C21H20N6O7S2.H3N/c1-12-10-18(26-27-19-11-14(35(29,30)31)7-8-20(19)36(32,33)34)13(2)9-17(12)25-24-16-6-4-3-5-15(16)23-21(22)28;/h3-11H,1-2H3,(H3,22,23,28)(H,29,30,31)(H,32,33,34);1H3.